The van der Waals surface area contributed by atoms with Gasteiger partial charge in [-0.05, 0) is 18.6 Å². The fraction of sp³-hybridized carbons (Fsp3) is 0.438. The highest BCUT2D eigenvalue weighted by Crippen LogP contribution is 2.35. The first kappa shape index (κ1) is 15.6. The molecule has 0 saturated carbocycles. The molecule has 1 atom stereocenters. The lowest BCUT2D eigenvalue weighted by Gasteiger charge is -2.48. The first-order chi connectivity index (χ1) is 10.9. The molecule has 1 unspecified atom stereocenters. The molecule has 0 spiro atoms. The summed E-state index contributed by atoms with van der Waals surface area (Å²) in [7, 11) is 0. The van der Waals surface area contributed by atoms with Crippen LogP contribution in [-0.2, 0) is 16.8 Å². The van der Waals surface area contributed by atoms with E-state index in [0.29, 0.717) is 24.3 Å². The predicted octanol–water partition coefficient (Wildman–Crippen LogP) is 1.27. The van der Waals surface area contributed by atoms with Crippen molar-refractivity contribution in [1.29, 1.82) is 0 Å². The fourth-order valence-electron chi connectivity index (χ4n) is 2.91. The van der Waals surface area contributed by atoms with Crippen molar-refractivity contribution in [3.63, 3.8) is 0 Å². The summed E-state index contributed by atoms with van der Waals surface area (Å²) in [5, 5.41) is 17.0. The van der Waals surface area contributed by atoms with E-state index in [-0.39, 0.29) is 23.7 Å². The summed E-state index contributed by atoms with van der Waals surface area (Å²) >= 11 is 0. The third-order valence-electron chi connectivity index (χ3n) is 4.24. The number of benzene rings is 1. The number of halogens is 1. The summed E-state index contributed by atoms with van der Waals surface area (Å²) in [5.74, 6) is -0.333. The number of amides is 1. The number of carbonyl (C=O) groups is 1. The molecule has 0 bridgehead atoms. The predicted molar refractivity (Wildman–Crippen MR) is 81.0 cm³/mol. The van der Waals surface area contributed by atoms with E-state index in [2.05, 4.69) is 10.3 Å². The van der Waals surface area contributed by atoms with Gasteiger partial charge < -0.3 is 10.0 Å². The van der Waals surface area contributed by atoms with Gasteiger partial charge in [-0.25, -0.2) is 9.07 Å². The standard InChI is InChI=1S/C16H19FN4O2/c1-11(22)14-7-21(19-18-14)8-15(23)20-9-16(2,10-20)12-5-3-4-6-13(12)17/h3-7,11,22H,8-10H2,1-2H3. The van der Waals surface area contributed by atoms with Crippen LogP contribution in [0.5, 0.6) is 0 Å². The molecule has 1 amide bonds. The second-order valence-electron chi connectivity index (χ2n) is 6.31. The summed E-state index contributed by atoms with van der Waals surface area (Å²) in [5.41, 5.74) is 0.715. The Hall–Kier alpha value is -2.28. The maximum Gasteiger partial charge on any atom is 0.244 e. The SMILES string of the molecule is CC(O)c1cn(CC(=O)N2CC(C)(c3ccccc3F)C2)nn1. The Kier molecular flexibility index (Phi) is 3.89. The van der Waals surface area contributed by atoms with Crippen LogP contribution in [0.4, 0.5) is 4.39 Å². The van der Waals surface area contributed by atoms with Gasteiger partial charge in [-0.3, -0.25) is 4.79 Å². The van der Waals surface area contributed by atoms with Crippen LogP contribution in [-0.4, -0.2) is 44.0 Å². The van der Waals surface area contributed by atoms with Crippen molar-refractivity contribution < 1.29 is 14.3 Å². The topological polar surface area (TPSA) is 71.2 Å². The van der Waals surface area contributed by atoms with Gasteiger partial charge >= 0.3 is 0 Å². The van der Waals surface area contributed by atoms with Gasteiger partial charge in [0.25, 0.3) is 0 Å². The van der Waals surface area contributed by atoms with E-state index in [9.17, 15) is 14.3 Å². The van der Waals surface area contributed by atoms with Gasteiger partial charge in [-0.2, -0.15) is 0 Å². The monoisotopic (exact) mass is 318 g/mol. The van der Waals surface area contributed by atoms with Crippen LogP contribution in [0.15, 0.2) is 30.5 Å². The second-order valence-corrected chi connectivity index (χ2v) is 6.31. The molecule has 3 rings (SSSR count). The molecule has 1 aliphatic rings. The highest BCUT2D eigenvalue weighted by molar-refractivity contribution is 5.77. The van der Waals surface area contributed by atoms with E-state index in [0.717, 1.165) is 0 Å². The quantitative estimate of drug-likeness (QED) is 0.921. The lowest BCUT2D eigenvalue weighted by atomic mass is 9.75. The number of nitrogens with zero attached hydrogens (tertiary/aromatic N) is 4. The van der Waals surface area contributed by atoms with E-state index in [1.54, 1.807) is 36.2 Å². The third-order valence-corrected chi connectivity index (χ3v) is 4.24. The number of aliphatic hydroxyl groups is 1. The van der Waals surface area contributed by atoms with Crippen LogP contribution in [0.3, 0.4) is 0 Å². The van der Waals surface area contributed by atoms with Crippen LogP contribution in [0.25, 0.3) is 0 Å². The number of aromatic nitrogens is 3. The molecule has 1 aromatic heterocycles. The molecule has 7 heteroatoms. The van der Waals surface area contributed by atoms with Crippen LogP contribution in [0, 0.1) is 5.82 Å². The Bertz CT molecular complexity index is 722. The van der Waals surface area contributed by atoms with Crippen molar-refractivity contribution in [1.82, 2.24) is 19.9 Å². The van der Waals surface area contributed by atoms with E-state index in [4.69, 9.17) is 0 Å². The van der Waals surface area contributed by atoms with Gasteiger partial charge in [0.1, 0.15) is 18.1 Å². The van der Waals surface area contributed by atoms with Gasteiger partial charge in [0.2, 0.25) is 5.91 Å². The molecular weight excluding hydrogens is 299 g/mol. The fourth-order valence-corrected chi connectivity index (χ4v) is 2.91. The number of rotatable bonds is 4. The van der Waals surface area contributed by atoms with Crippen molar-refractivity contribution in [2.45, 2.75) is 31.9 Å². The third kappa shape index (κ3) is 2.96. The van der Waals surface area contributed by atoms with Gasteiger partial charge in [-0.15, -0.1) is 5.10 Å². The second kappa shape index (κ2) is 5.73. The maximum atomic E-state index is 13.9. The van der Waals surface area contributed by atoms with Crippen LogP contribution in [0.1, 0.15) is 31.2 Å². The lowest BCUT2D eigenvalue weighted by molar-refractivity contribution is -0.139. The van der Waals surface area contributed by atoms with Gasteiger partial charge in [0, 0.05) is 18.5 Å². The number of hydrogen-bond donors (Lipinski definition) is 1. The van der Waals surface area contributed by atoms with E-state index < -0.39 is 6.10 Å². The molecule has 0 aliphatic carbocycles. The van der Waals surface area contributed by atoms with Crippen molar-refractivity contribution in [3.8, 4) is 0 Å². The average Bonchev–Trinajstić information content (AvgIpc) is 2.93. The van der Waals surface area contributed by atoms with Gasteiger partial charge in [0.15, 0.2) is 0 Å². The minimum atomic E-state index is -0.716. The molecule has 1 aromatic carbocycles. The van der Waals surface area contributed by atoms with Crippen LogP contribution >= 0.6 is 0 Å². The highest BCUT2D eigenvalue weighted by atomic mass is 19.1. The minimum absolute atomic E-state index is 0.0626. The largest absolute Gasteiger partial charge is 0.387 e. The Balaban J connectivity index is 1.62. The Morgan fingerprint density at radius 3 is 2.74 bits per heavy atom. The van der Waals surface area contributed by atoms with Crippen molar-refractivity contribution in [2.75, 3.05) is 13.1 Å². The normalized spacial score (nSPS) is 17.7. The molecule has 1 aliphatic heterocycles. The van der Waals surface area contributed by atoms with Gasteiger partial charge in [-0.1, -0.05) is 30.3 Å². The molecular formula is C16H19FN4O2. The van der Waals surface area contributed by atoms with Crippen molar-refractivity contribution in [2.24, 2.45) is 0 Å². The molecule has 0 radical (unpaired) electrons. The molecule has 122 valence electrons. The summed E-state index contributed by atoms with van der Waals surface area (Å²) in [6.45, 7) is 4.56. The average molecular weight is 318 g/mol. The zero-order chi connectivity index (χ0) is 16.6. The molecule has 1 saturated heterocycles. The highest BCUT2D eigenvalue weighted by Gasteiger charge is 2.43. The summed E-state index contributed by atoms with van der Waals surface area (Å²) in [6, 6.07) is 6.68. The first-order valence-electron chi connectivity index (χ1n) is 7.50. The zero-order valence-corrected chi connectivity index (χ0v) is 13.1. The summed E-state index contributed by atoms with van der Waals surface area (Å²) in [4.78, 5) is 13.9. The molecule has 2 aromatic rings. The van der Waals surface area contributed by atoms with Crippen molar-refractivity contribution >= 4 is 5.91 Å². The maximum absolute atomic E-state index is 13.9. The number of carbonyl (C=O) groups excluding carboxylic acids is 1. The van der Waals surface area contributed by atoms with E-state index in [1.807, 2.05) is 6.92 Å². The Morgan fingerprint density at radius 2 is 2.13 bits per heavy atom. The molecule has 6 nitrogen and oxygen atoms in total. The van der Waals surface area contributed by atoms with E-state index in [1.165, 1.54) is 10.7 Å². The van der Waals surface area contributed by atoms with E-state index >= 15 is 0 Å². The summed E-state index contributed by atoms with van der Waals surface area (Å²) < 4.78 is 15.3. The number of hydrogen-bond acceptors (Lipinski definition) is 4. The smallest absolute Gasteiger partial charge is 0.244 e. The lowest BCUT2D eigenvalue weighted by Crippen LogP contribution is -2.60. The molecule has 1 N–H and O–H groups in total. The Labute approximate surface area is 133 Å². The van der Waals surface area contributed by atoms with Crippen molar-refractivity contribution in [3.05, 3.63) is 47.5 Å². The molecule has 23 heavy (non-hydrogen) atoms. The first-order valence-corrected chi connectivity index (χ1v) is 7.50. The molecule has 2 heterocycles. The number of aliphatic hydroxyl groups excluding tert-OH is 1. The summed E-state index contributed by atoms with van der Waals surface area (Å²) in [6.07, 6.45) is 0.838. The molecule has 1 fully saturated rings. The number of likely N-dealkylation sites (tertiary alicyclic amines) is 1. The van der Waals surface area contributed by atoms with Gasteiger partial charge in [0.05, 0.1) is 12.3 Å². The van der Waals surface area contributed by atoms with Crippen LogP contribution in [0.2, 0.25) is 0 Å². The van der Waals surface area contributed by atoms with Crippen LogP contribution < -0.4 is 0 Å². The Morgan fingerprint density at radius 1 is 1.43 bits per heavy atom. The minimum Gasteiger partial charge on any atom is -0.387 e. The zero-order valence-electron chi connectivity index (χ0n) is 13.1.